The molecule has 2 rings (SSSR count). The maximum atomic E-state index is 13.3. The number of rotatable bonds is 5. The van der Waals surface area contributed by atoms with Crippen LogP contribution in [-0.4, -0.2) is 32.9 Å². The van der Waals surface area contributed by atoms with Gasteiger partial charge >= 0.3 is 11.7 Å². The van der Waals surface area contributed by atoms with Gasteiger partial charge in [0.1, 0.15) is 22.9 Å². The molecule has 32 heavy (non-hydrogen) atoms. The largest absolute Gasteiger partial charge is 0.604 e. The molecule has 0 bridgehead atoms. The fourth-order valence-electron chi connectivity index (χ4n) is 2.47. The molecule has 0 radical (unpaired) electrons. The van der Waals surface area contributed by atoms with Crippen LogP contribution in [-0.2, 0) is 27.0 Å². The number of benzene rings is 1. The molecule has 174 valence electrons. The first kappa shape index (κ1) is 26.1. The molecular formula is C16H10Cl2F6N4O3S. The van der Waals surface area contributed by atoms with Crippen molar-refractivity contribution < 1.29 is 40.5 Å². The maximum Gasteiger partial charge on any atom is 0.578 e. The topological polar surface area (TPSA) is 94.2 Å². The van der Waals surface area contributed by atoms with Gasteiger partial charge in [0.15, 0.2) is 0 Å². The van der Waals surface area contributed by atoms with E-state index in [-0.39, 0.29) is 11.5 Å². The first-order chi connectivity index (χ1) is 14.7. The number of hydroxylamine groups is 1. The van der Waals surface area contributed by atoms with E-state index < -0.39 is 66.5 Å². The Labute approximate surface area is 189 Å². The lowest BCUT2D eigenvalue weighted by atomic mass is 10.2. The summed E-state index contributed by atoms with van der Waals surface area (Å²) in [5, 5.41) is 11.6. The average Bonchev–Trinajstić information content (AvgIpc) is 3.04. The molecule has 16 heteroatoms. The Morgan fingerprint density at radius 1 is 1.28 bits per heavy atom. The van der Waals surface area contributed by atoms with Gasteiger partial charge in [-0.1, -0.05) is 30.1 Å². The number of amides is 1. The van der Waals surface area contributed by atoms with Crippen LogP contribution in [0.25, 0.3) is 5.69 Å². The van der Waals surface area contributed by atoms with Crippen molar-refractivity contribution >= 4 is 46.1 Å². The minimum Gasteiger partial charge on any atom is -0.604 e. The molecular weight excluding hydrogens is 513 g/mol. The second-order valence-corrected chi connectivity index (χ2v) is 7.97. The van der Waals surface area contributed by atoms with Crippen LogP contribution in [0.4, 0.5) is 32.2 Å². The van der Waals surface area contributed by atoms with Gasteiger partial charge in [-0.2, -0.15) is 23.5 Å². The lowest BCUT2D eigenvalue weighted by Gasteiger charge is -2.22. The molecule has 0 aliphatic rings. The molecule has 1 atom stereocenters. The van der Waals surface area contributed by atoms with E-state index in [0.29, 0.717) is 16.8 Å². The number of aromatic nitrogens is 2. The van der Waals surface area contributed by atoms with E-state index in [2.05, 4.69) is 5.10 Å². The fraction of sp³-hybridized carbons (Fsp3) is 0.312. The molecule has 0 aliphatic heterocycles. The predicted octanol–water partition coefficient (Wildman–Crippen LogP) is 5.00. The number of alkyl halides is 6. The van der Waals surface area contributed by atoms with Gasteiger partial charge in [-0.3, -0.25) is 9.63 Å². The molecule has 0 N–H and O–H groups in total. The molecule has 1 amide bonds. The summed E-state index contributed by atoms with van der Waals surface area (Å²) in [7, 11) is 0.882. The van der Waals surface area contributed by atoms with Gasteiger partial charge in [-0.15, -0.1) is 18.3 Å². The van der Waals surface area contributed by atoms with Crippen molar-refractivity contribution in [2.24, 2.45) is 0 Å². The summed E-state index contributed by atoms with van der Waals surface area (Å²) in [6.45, 7) is 1.32. The number of nitrogens with zero attached hydrogens (tertiary/aromatic N) is 4. The van der Waals surface area contributed by atoms with E-state index in [9.17, 15) is 41.0 Å². The van der Waals surface area contributed by atoms with Crippen molar-refractivity contribution in [3.8, 4) is 11.8 Å². The lowest BCUT2D eigenvalue weighted by Crippen LogP contribution is -2.34. The molecule has 1 unspecified atom stereocenters. The number of hydrogen-bond acceptors (Lipinski definition) is 5. The molecule has 0 aliphatic carbocycles. The zero-order valence-corrected chi connectivity index (χ0v) is 18.1. The van der Waals surface area contributed by atoms with E-state index >= 15 is 0 Å². The average molecular weight is 523 g/mol. The number of anilines is 1. The Morgan fingerprint density at radius 3 is 2.19 bits per heavy atom. The Bertz CT molecular complexity index is 1060. The third-order valence-electron chi connectivity index (χ3n) is 3.78. The van der Waals surface area contributed by atoms with Gasteiger partial charge in [-0.05, 0) is 12.1 Å². The van der Waals surface area contributed by atoms with Crippen molar-refractivity contribution in [2.75, 3.05) is 12.2 Å². The Kier molecular flexibility index (Phi) is 7.63. The smallest absolute Gasteiger partial charge is 0.578 e. The minimum atomic E-state index is -5.39. The van der Waals surface area contributed by atoms with Crippen molar-refractivity contribution in [2.45, 2.75) is 29.9 Å². The van der Waals surface area contributed by atoms with Gasteiger partial charge in [0.05, 0.1) is 22.7 Å². The highest BCUT2D eigenvalue weighted by Crippen LogP contribution is 2.43. The van der Waals surface area contributed by atoms with E-state index in [1.807, 2.05) is 0 Å². The van der Waals surface area contributed by atoms with Crippen LogP contribution < -0.4 is 5.06 Å². The van der Waals surface area contributed by atoms with E-state index in [1.165, 1.54) is 13.0 Å². The molecule has 1 aromatic heterocycles. The molecule has 0 saturated carbocycles. The predicted molar refractivity (Wildman–Crippen MR) is 101 cm³/mol. The summed E-state index contributed by atoms with van der Waals surface area (Å²) in [6.07, 6.45) is -5.19. The van der Waals surface area contributed by atoms with Crippen LogP contribution in [0.2, 0.25) is 10.0 Å². The lowest BCUT2D eigenvalue weighted by molar-refractivity contribution is -0.137. The van der Waals surface area contributed by atoms with E-state index in [4.69, 9.17) is 28.0 Å². The van der Waals surface area contributed by atoms with E-state index in [1.54, 1.807) is 0 Å². The monoisotopic (exact) mass is 522 g/mol. The van der Waals surface area contributed by atoms with Crippen LogP contribution in [0.1, 0.15) is 24.6 Å². The molecule has 7 nitrogen and oxygen atoms in total. The Morgan fingerprint density at radius 2 is 1.81 bits per heavy atom. The van der Waals surface area contributed by atoms with Gasteiger partial charge in [0, 0.05) is 6.42 Å². The third kappa shape index (κ3) is 4.91. The number of hydrogen-bond donors (Lipinski definition) is 0. The molecule has 0 saturated heterocycles. The highest BCUT2D eigenvalue weighted by atomic mass is 35.5. The van der Waals surface area contributed by atoms with Gasteiger partial charge in [0.25, 0.3) is 5.91 Å². The minimum absolute atomic E-state index is 0.261. The molecule has 1 heterocycles. The van der Waals surface area contributed by atoms with Crippen LogP contribution in [0.3, 0.4) is 0 Å². The summed E-state index contributed by atoms with van der Waals surface area (Å²) in [4.78, 5) is 15.8. The summed E-state index contributed by atoms with van der Waals surface area (Å²) < 4.78 is 91.5. The van der Waals surface area contributed by atoms with Gasteiger partial charge < -0.3 is 4.55 Å². The standard InChI is InChI=1S/C16H10Cl2F6N4O3S/c1-3-11(29)28(31-2)14-13(32(30)16(22,23)24)10(6-25)26-27(14)12-8(17)4-7(5-9(12)18)15(19,20)21/h4-5H,3H2,1-2H3. The normalized spacial score (nSPS) is 13.1. The summed E-state index contributed by atoms with van der Waals surface area (Å²) in [6, 6.07) is 2.14. The number of carbonyl (C=O) groups is 1. The van der Waals surface area contributed by atoms with Crippen LogP contribution in [0.15, 0.2) is 17.0 Å². The highest BCUT2D eigenvalue weighted by Gasteiger charge is 2.52. The zero-order valence-electron chi connectivity index (χ0n) is 15.8. The summed E-state index contributed by atoms with van der Waals surface area (Å²) in [5.74, 6) is -1.92. The number of carbonyl (C=O) groups excluding carboxylic acids is 1. The summed E-state index contributed by atoms with van der Waals surface area (Å²) in [5.41, 5.74) is -8.33. The first-order valence-corrected chi connectivity index (χ1v) is 10.0. The fourth-order valence-corrected chi connectivity index (χ4v) is 3.95. The quantitative estimate of drug-likeness (QED) is 0.313. The second-order valence-electron chi connectivity index (χ2n) is 5.75. The molecule has 1 aromatic carbocycles. The third-order valence-corrected chi connectivity index (χ3v) is 5.52. The molecule has 2 aromatic rings. The van der Waals surface area contributed by atoms with Crippen molar-refractivity contribution in [1.29, 1.82) is 5.26 Å². The Balaban J connectivity index is 2.98. The highest BCUT2D eigenvalue weighted by molar-refractivity contribution is 7.92. The number of halogens is 8. The van der Waals surface area contributed by atoms with Crippen LogP contribution >= 0.6 is 23.2 Å². The van der Waals surface area contributed by atoms with Crippen molar-refractivity contribution in [3.05, 3.63) is 33.4 Å². The van der Waals surface area contributed by atoms with E-state index in [0.717, 1.165) is 7.11 Å². The van der Waals surface area contributed by atoms with Crippen molar-refractivity contribution in [1.82, 2.24) is 9.78 Å². The van der Waals surface area contributed by atoms with Crippen molar-refractivity contribution in [3.63, 3.8) is 0 Å². The SMILES string of the molecule is CCC(=O)N(OC)c1c([S+]([O-])C(F)(F)F)c(C#N)nn1-c1c(Cl)cc(C(F)(F)F)cc1Cl. The van der Waals surface area contributed by atoms with Crippen LogP contribution in [0, 0.1) is 11.3 Å². The summed E-state index contributed by atoms with van der Waals surface area (Å²) >= 11 is 7.93. The molecule has 0 spiro atoms. The first-order valence-electron chi connectivity index (χ1n) is 8.14. The van der Waals surface area contributed by atoms with Gasteiger partial charge in [-0.25, -0.2) is 4.68 Å². The second kappa shape index (κ2) is 9.36. The zero-order chi connectivity index (χ0) is 24.6. The Hall–Kier alpha value is -2.18. The number of nitriles is 1. The maximum absolute atomic E-state index is 13.3. The molecule has 0 fully saturated rings. The van der Waals surface area contributed by atoms with Crippen LogP contribution in [0.5, 0.6) is 0 Å². The van der Waals surface area contributed by atoms with Gasteiger partial charge in [0.2, 0.25) is 16.4 Å².